The molecular weight excluding hydrogens is 657 g/mol. The van der Waals surface area contributed by atoms with Crippen LogP contribution in [0.1, 0.15) is 5.56 Å². The third kappa shape index (κ3) is 5.34. The van der Waals surface area contributed by atoms with Crippen LogP contribution in [0.4, 0.5) is 5.69 Å². The van der Waals surface area contributed by atoms with E-state index >= 15 is 0 Å². The van der Waals surface area contributed by atoms with Gasteiger partial charge in [0.15, 0.2) is 17.5 Å². The van der Waals surface area contributed by atoms with Crippen molar-refractivity contribution >= 4 is 65.3 Å². The maximum Gasteiger partial charge on any atom is 0.164 e. The molecule has 0 aliphatic rings. The van der Waals surface area contributed by atoms with Gasteiger partial charge in [-0.25, -0.2) is 15.0 Å². The minimum atomic E-state index is 0.597. The van der Waals surface area contributed by atoms with E-state index in [0.29, 0.717) is 17.5 Å². The van der Waals surface area contributed by atoms with Gasteiger partial charge in [0.2, 0.25) is 0 Å². The Labute approximate surface area is 303 Å². The zero-order chi connectivity index (χ0) is 34.4. The first-order valence-electron chi connectivity index (χ1n) is 17.1. The van der Waals surface area contributed by atoms with Crippen LogP contribution in [0, 0.1) is 0 Å². The Hall–Kier alpha value is -6.76. The molecule has 0 bridgehead atoms. The Bertz CT molecular complexity index is 2890. The fourth-order valence-corrected chi connectivity index (χ4v) is 8.06. The fraction of sp³-hybridized carbons (Fsp3) is 0. The molecule has 244 valence electrons. The number of aliphatic imine (C=N–C) groups is 1. The topological polar surface area (TPSA) is 64.2 Å². The number of hydrogen-bond acceptors (Lipinski definition) is 6. The van der Waals surface area contributed by atoms with E-state index in [9.17, 15) is 0 Å². The lowest BCUT2D eigenvalue weighted by atomic mass is 10.0. The molecule has 0 atom stereocenters. The van der Waals surface area contributed by atoms with Crippen molar-refractivity contribution < 1.29 is 4.42 Å². The van der Waals surface area contributed by atoms with Crippen molar-refractivity contribution in [1.82, 2.24) is 15.0 Å². The van der Waals surface area contributed by atoms with Gasteiger partial charge in [-0.3, -0.25) is 4.99 Å². The van der Waals surface area contributed by atoms with Gasteiger partial charge in [0.05, 0.1) is 5.69 Å². The minimum absolute atomic E-state index is 0.597. The van der Waals surface area contributed by atoms with E-state index in [2.05, 4.69) is 84.9 Å². The molecule has 10 aromatic rings. The third-order valence-electron chi connectivity index (χ3n) is 9.42. The predicted molar refractivity (Wildman–Crippen MR) is 215 cm³/mol. The van der Waals surface area contributed by atoms with Gasteiger partial charge in [-0.1, -0.05) is 127 Å². The van der Waals surface area contributed by atoms with E-state index in [0.717, 1.165) is 61.0 Å². The van der Waals surface area contributed by atoms with Crippen LogP contribution in [0.15, 0.2) is 173 Å². The molecule has 0 radical (unpaired) electrons. The summed E-state index contributed by atoms with van der Waals surface area (Å²) in [4.78, 5) is 19.8. The Morgan fingerprint density at radius 3 is 1.90 bits per heavy atom. The van der Waals surface area contributed by atoms with Crippen LogP contribution < -0.4 is 0 Å². The maximum absolute atomic E-state index is 6.39. The normalized spacial score (nSPS) is 11.8. The first-order chi connectivity index (χ1) is 25.7. The smallest absolute Gasteiger partial charge is 0.164 e. The Balaban J connectivity index is 1.03. The number of benzene rings is 7. The molecule has 0 saturated heterocycles. The first kappa shape index (κ1) is 30.1. The molecule has 52 heavy (non-hydrogen) atoms. The number of hydrogen-bond donors (Lipinski definition) is 0. The van der Waals surface area contributed by atoms with Crippen molar-refractivity contribution in [3.63, 3.8) is 0 Å². The summed E-state index contributed by atoms with van der Waals surface area (Å²) >= 11 is 1.81. The summed E-state index contributed by atoms with van der Waals surface area (Å²) in [5, 5.41) is 4.54. The zero-order valence-corrected chi connectivity index (χ0v) is 28.6. The number of nitrogens with zero attached hydrogens (tertiary/aromatic N) is 4. The highest BCUT2D eigenvalue weighted by Crippen LogP contribution is 2.39. The van der Waals surface area contributed by atoms with Crippen molar-refractivity contribution in [2.24, 2.45) is 4.99 Å². The minimum Gasteiger partial charge on any atom is -0.456 e. The number of fused-ring (bicyclic) bond motifs is 6. The standard InChI is InChI=1S/C46H28N4OS/c1-3-11-30(12-4-1)44-48-45(31-13-5-2-6-14-31)50-46(49-44)37-18-10-19-40-42(37)38-27-32(23-26-39(38)51-40)29-21-24-34(25-22-29)47-28-33-15-9-17-36-35-16-7-8-20-41(35)52-43(33)36/h1-28H. The van der Waals surface area contributed by atoms with Crippen molar-refractivity contribution in [3.8, 4) is 45.3 Å². The lowest BCUT2D eigenvalue weighted by molar-refractivity contribution is 0.669. The van der Waals surface area contributed by atoms with Crippen molar-refractivity contribution in [3.05, 3.63) is 169 Å². The molecular formula is C46H28N4OS. The van der Waals surface area contributed by atoms with E-state index < -0.39 is 0 Å². The molecule has 0 amide bonds. The number of aromatic nitrogens is 3. The molecule has 3 aromatic heterocycles. The summed E-state index contributed by atoms with van der Waals surface area (Å²) in [7, 11) is 0. The maximum atomic E-state index is 6.39. The summed E-state index contributed by atoms with van der Waals surface area (Å²) in [6.45, 7) is 0. The van der Waals surface area contributed by atoms with E-state index in [4.69, 9.17) is 24.4 Å². The van der Waals surface area contributed by atoms with Crippen LogP contribution in [-0.4, -0.2) is 21.2 Å². The fourth-order valence-electron chi connectivity index (χ4n) is 6.88. The molecule has 0 aliphatic heterocycles. The van der Waals surface area contributed by atoms with Gasteiger partial charge in [-0.05, 0) is 47.5 Å². The van der Waals surface area contributed by atoms with Crippen LogP contribution in [0.5, 0.6) is 0 Å². The van der Waals surface area contributed by atoms with E-state index in [1.165, 1.54) is 20.2 Å². The zero-order valence-electron chi connectivity index (χ0n) is 27.8. The van der Waals surface area contributed by atoms with Crippen LogP contribution in [0.25, 0.3) is 87.4 Å². The second-order valence-corrected chi connectivity index (χ2v) is 13.7. The molecule has 0 aliphatic carbocycles. The quantitative estimate of drug-likeness (QED) is 0.164. The largest absolute Gasteiger partial charge is 0.456 e. The molecule has 0 spiro atoms. The Morgan fingerprint density at radius 1 is 0.481 bits per heavy atom. The average Bonchev–Trinajstić information content (AvgIpc) is 3.79. The van der Waals surface area contributed by atoms with E-state index in [-0.39, 0.29) is 0 Å². The molecule has 0 fully saturated rings. The Morgan fingerprint density at radius 2 is 1.13 bits per heavy atom. The molecule has 3 heterocycles. The Kier molecular flexibility index (Phi) is 7.25. The number of furan rings is 1. The van der Waals surface area contributed by atoms with Gasteiger partial charge in [0.25, 0.3) is 0 Å². The van der Waals surface area contributed by atoms with E-state index in [1.807, 2.05) is 96.4 Å². The van der Waals surface area contributed by atoms with Crippen LogP contribution >= 0.6 is 11.3 Å². The van der Waals surface area contributed by atoms with Crippen LogP contribution in [0.2, 0.25) is 0 Å². The van der Waals surface area contributed by atoms with Crippen molar-refractivity contribution in [2.45, 2.75) is 0 Å². The number of rotatable bonds is 6. The second kappa shape index (κ2) is 12.5. The highest BCUT2D eigenvalue weighted by molar-refractivity contribution is 7.26. The molecule has 7 aromatic carbocycles. The molecule has 6 heteroatoms. The highest BCUT2D eigenvalue weighted by Gasteiger charge is 2.18. The highest BCUT2D eigenvalue weighted by atomic mass is 32.1. The summed E-state index contributed by atoms with van der Waals surface area (Å²) < 4.78 is 8.94. The average molecular weight is 685 g/mol. The van der Waals surface area contributed by atoms with Gasteiger partial charge in [0, 0.05) is 59.4 Å². The van der Waals surface area contributed by atoms with Gasteiger partial charge in [-0.15, -0.1) is 11.3 Å². The van der Waals surface area contributed by atoms with Gasteiger partial charge < -0.3 is 4.42 Å². The van der Waals surface area contributed by atoms with E-state index in [1.54, 1.807) is 0 Å². The summed E-state index contributed by atoms with van der Waals surface area (Å²) in [5.74, 6) is 1.84. The lowest BCUT2D eigenvalue weighted by Crippen LogP contribution is -2.00. The molecule has 0 unspecified atom stereocenters. The van der Waals surface area contributed by atoms with Crippen molar-refractivity contribution in [1.29, 1.82) is 0 Å². The molecule has 5 nitrogen and oxygen atoms in total. The van der Waals surface area contributed by atoms with Gasteiger partial charge in [-0.2, -0.15) is 0 Å². The van der Waals surface area contributed by atoms with Crippen LogP contribution in [0.3, 0.4) is 0 Å². The first-order valence-corrected chi connectivity index (χ1v) is 17.9. The lowest BCUT2D eigenvalue weighted by Gasteiger charge is -2.09. The summed E-state index contributed by atoms with van der Waals surface area (Å²) in [6.07, 6.45) is 1.98. The predicted octanol–water partition coefficient (Wildman–Crippen LogP) is 12.6. The molecule has 10 rings (SSSR count). The summed E-state index contributed by atoms with van der Waals surface area (Å²) in [6, 6.07) is 55.9. The van der Waals surface area contributed by atoms with Crippen molar-refractivity contribution in [2.75, 3.05) is 0 Å². The molecule has 0 N–H and O–H groups in total. The van der Waals surface area contributed by atoms with Crippen LogP contribution in [-0.2, 0) is 0 Å². The second-order valence-electron chi connectivity index (χ2n) is 12.7. The number of thiophene rings is 1. The third-order valence-corrected chi connectivity index (χ3v) is 10.7. The van der Waals surface area contributed by atoms with Gasteiger partial charge >= 0.3 is 0 Å². The molecule has 0 saturated carbocycles. The SMILES string of the molecule is C(=Nc1ccc(-c2ccc3oc4cccc(-c5nc(-c6ccccc6)nc(-c6ccccc6)n5)c4c3c2)cc1)c1cccc2c1sc1ccccc12. The monoisotopic (exact) mass is 684 g/mol. The summed E-state index contributed by atoms with van der Waals surface area (Å²) in [5.41, 5.74) is 8.55. The van der Waals surface area contributed by atoms with Gasteiger partial charge in [0.1, 0.15) is 11.2 Å².